The number of rotatable bonds is 10. The zero-order valence-corrected chi connectivity index (χ0v) is 38.9. The maximum atomic E-state index is 7.01. The highest BCUT2D eigenvalue weighted by Gasteiger charge is 2.23. The monoisotopic (exact) mass is 906 g/mol. The molecule has 0 bridgehead atoms. The molecule has 0 atom stereocenters. The average Bonchev–Trinajstić information content (AvgIpc) is 3.86. The minimum absolute atomic E-state index is 0.857. The Morgan fingerprint density at radius 3 is 0.972 bits per heavy atom. The molecule has 1 heterocycles. The van der Waals surface area contributed by atoms with Gasteiger partial charge in [-0.15, -0.1) is 0 Å². The van der Waals surface area contributed by atoms with Gasteiger partial charge in [-0.05, 0) is 139 Å². The third-order valence-corrected chi connectivity index (χ3v) is 13.9. The molecule has 0 aliphatic carbocycles. The highest BCUT2D eigenvalue weighted by Crippen LogP contribution is 2.48. The van der Waals surface area contributed by atoms with Crippen LogP contribution in [0.3, 0.4) is 0 Å². The first-order valence-electron chi connectivity index (χ1n) is 24.2. The maximum absolute atomic E-state index is 7.01. The zero-order chi connectivity index (χ0) is 47.1. The molecule has 12 aromatic carbocycles. The van der Waals surface area contributed by atoms with Crippen LogP contribution >= 0.6 is 0 Å². The third kappa shape index (κ3) is 7.76. The number of anilines is 6. The number of furan rings is 1. The molecular weight excluding hydrogens is 861 g/mol. The van der Waals surface area contributed by atoms with Gasteiger partial charge in [0.05, 0.1) is 5.69 Å². The van der Waals surface area contributed by atoms with Gasteiger partial charge in [-0.1, -0.05) is 206 Å². The Bertz CT molecular complexity index is 3900. The van der Waals surface area contributed by atoms with Crippen molar-refractivity contribution < 1.29 is 4.42 Å². The van der Waals surface area contributed by atoms with Gasteiger partial charge >= 0.3 is 0 Å². The molecule has 0 N–H and O–H groups in total. The van der Waals surface area contributed by atoms with Crippen molar-refractivity contribution in [2.45, 2.75) is 0 Å². The fourth-order valence-electron chi connectivity index (χ4n) is 10.3. The summed E-state index contributed by atoms with van der Waals surface area (Å²) in [5.74, 6) is 0. The first-order chi connectivity index (χ1) is 35.2. The van der Waals surface area contributed by atoms with Gasteiger partial charge in [-0.25, -0.2) is 0 Å². The van der Waals surface area contributed by atoms with E-state index < -0.39 is 0 Å². The second kappa shape index (κ2) is 17.9. The second-order valence-corrected chi connectivity index (χ2v) is 18.1. The van der Waals surface area contributed by atoms with Crippen molar-refractivity contribution in [1.29, 1.82) is 0 Å². The molecule has 0 saturated heterocycles. The van der Waals surface area contributed by atoms with Gasteiger partial charge < -0.3 is 14.2 Å². The fraction of sp³-hybridized carbons (Fsp3) is 0. The summed E-state index contributed by atoms with van der Waals surface area (Å²) in [7, 11) is 0. The Morgan fingerprint density at radius 1 is 0.239 bits per heavy atom. The number of fused-ring (bicyclic) bond motifs is 7. The van der Waals surface area contributed by atoms with E-state index in [2.05, 4.69) is 289 Å². The van der Waals surface area contributed by atoms with E-state index in [1.807, 2.05) is 0 Å². The van der Waals surface area contributed by atoms with Crippen LogP contribution in [0.15, 0.2) is 283 Å². The van der Waals surface area contributed by atoms with Crippen molar-refractivity contribution in [3.8, 4) is 44.5 Å². The largest absolute Gasteiger partial charge is 0.454 e. The van der Waals surface area contributed by atoms with E-state index in [-0.39, 0.29) is 0 Å². The highest BCUT2D eigenvalue weighted by atomic mass is 16.3. The summed E-state index contributed by atoms with van der Waals surface area (Å²) in [6.07, 6.45) is 0. The Kier molecular flexibility index (Phi) is 10.5. The molecule has 0 radical (unpaired) electrons. The molecule has 13 aromatic rings. The van der Waals surface area contributed by atoms with Crippen LogP contribution in [0, 0.1) is 0 Å². The van der Waals surface area contributed by atoms with Crippen molar-refractivity contribution in [3.05, 3.63) is 279 Å². The molecular formula is C68H46N2O. The van der Waals surface area contributed by atoms with Crippen LogP contribution in [-0.2, 0) is 0 Å². The van der Waals surface area contributed by atoms with Crippen LogP contribution in [-0.4, -0.2) is 0 Å². The molecule has 3 nitrogen and oxygen atoms in total. The molecule has 0 aliphatic heterocycles. The van der Waals surface area contributed by atoms with Crippen molar-refractivity contribution >= 4 is 77.6 Å². The number of nitrogens with zero attached hydrogens (tertiary/aromatic N) is 2. The molecule has 1 aromatic heterocycles. The lowest BCUT2D eigenvalue weighted by molar-refractivity contribution is 0.669. The summed E-state index contributed by atoms with van der Waals surface area (Å²) < 4.78 is 7.01. The molecule has 0 unspecified atom stereocenters. The summed E-state index contributed by atoms with van der Waals surface area (Å²) in [4.78, 5) is 4.69. The fourth-order valence-corrected chi connectivity index (χ4v) is 10.3. The number of hydrogen-bond acceptors (Lipinski definition) is 3. The molecule has 3 heteroatoms. The van der Waals surface area contributed by atoms with Crippen LogP contribution in [0.5, 0.6) is 0 Å². The minimum Gasteiger partial charge on any atom is -0.454 e. The minimum atomic E-state index is 0.857. The molecule has 334 valence electrons. The van der Waals surface area contributed by atoms with Gasteiger partial charge in [0.15, 0.2) is 5.58 Å². The van der Waals surface area contributed by atoms with Crippen LogP contribution in [0.4, 0.5) is 34.1 Å². The summed E-state index contributed by atoms with van der Waals surface area (Å²) in [5, 5.41) is 6.97. The van der Waals surface area contributed by atoms with E-state index in [1.165, 1.54) is 49.5 Å². The van der Waals surface area contributed by atoms with Crippen LogP contribution in [0.1, 0.15) is 0 Å². The van der Waals surface area contributed by atoms with E-state index >= 15 is 0 Å². The average molecular weight is 907 g/mol. The zero-order valence-electron chi connectivity index (χ0n) is 38.9. The molecule has 71 heavy (non-hydrogen) atoms. The lowest BCUT2D eigenvalue weighted by Crippen LogP contribution is -2.10. The Labute approximate surface area is 413 Å². The van der Waals surface area contributed by atoms with Crippen molar-refractivity contribution in [2.24, 2.45) is 0 Å². The molecule has 0 fully saturated rings. The van der Waals surface area contributed by atoms with E-state index in [0.717, 1.165) is 72.6 Å². The van der Waals surface area contributed by atoms with Crippen LogP contribution in [0.2, 0.25) is 0 Å². The summed E-state index contributed by atoms with van der Waals surface area (Å²) >= 11 is 0. The quantitative estimate of drug-likeness (QED) is 0.136. The van der Waals surface area contributed by atoms with E-state index in [1.54, 1.807) is 0 Å². The highest BCUT2D eigenvalue weighted by molar-refractivity contribution is 6.29. The lowest BCUT2D eigenvalue weighted by Gasteiger charge is -2.27. The third-order valence-electron chi connectivity index (χ3n) is 13.9. The summed E-state index contributed by atoms with van der Waals surface area (Å²) in [6, 6.07) is 100. The summed E-state index contributed by atoms with van der Waals surface area (Å²) in [5.41, 5.74) is 17.4. The lowest BCUT2D eigenvalue weighted by atomic mass is 9.98. The molecule has 0 spiro atoms. The van der Waals surface area contributed by atoms with Crippen molar-refractivity contribution in [2.75, 3.05) is 9.80 Å². The smallest absolute Gasteiger partial charge is 0.160 e. The van der Waals surface area contributed by atoms with Gasteiger partial charge in [0.2, 0.25) is 0 Å². The van der Waals surface area contributed by atoms with Gasteiger partial charge in [0.1, 0.15) is 5.58 Å². The Hall–Kier alpha value is -9.44. The maximum Gasteiger partial charge on any atom is 0.160 e. The summed E-state index contributed by atoms with van der Waals surface area (Å²) in [6.45, 7) is 0. The Morgan fingerprint density at radius 2 is 0.563 bits per heavy atom. The van der Waals surface area contributed by atoms with Gasteiger partial charge in [-0.3, -0.25) is 0 Å². The second-order valence-electron chi connectivity index (χ2n) is 18.1. The molecule has 0 saturated carbocycles. The first-order valence-corrected chi connectivity index (χ1v) is 24.2. The van der Waals surface area contributed by atoms with E-state index in [4.69, 9.17) is 4.42 Å². The predicted molar refractivity (Wildman–Crippen MR) is 300 cm³/mol. The predicted octanol–water partition coefficient (Wildman–Crippen LogP) is 19.5. The normalized spacial score (nSPS) is 11.4. The van der Waals surface area contributed by atoms with Crippen molar-refractivity contribution in [1.82, 2.24) is 0 Å². The standard InChI is InChI=1S/C68H46N2O/c1-4-14-47(15-5-1)50-24-35-57(36-25-50)69(58-37-26-51(27-38-58)48-16-6-2-7-17-48)59-39-28-53(29-40-59)54-32-43-61(44-33-54)70(60-41-30-52(31-42-60)49-18-8-3-9-19-49)64-46-56-21-11-13-23-63(56)67-66-62-22-12-10-20-55(62)34-45-65(66)71-68(64)67/h1-46H. The number of benzene rings is 12. The van der Waals surface area contributed by atoms with Crippen LogP contribution < -0.4 is 9.80 Å². The SMILES string of the molecule is c1ccc(-c2ccc(N(c3ccc(-c4ccccc4)cc3)c3ccc(-c4ccc(N(c5ccc(-c6ccccc6)cc5)c5cc6ccccc6c6c5oc5ccc7ccccc7c56)cc4)cc3)cc2)cc1. The van der Waals surface area contributed by atoms with Crippen molar-refractivity contribution in [3.63, 3.8) is 0 Å². The number of hydrogen-bond donors (Lipinski definition) is 0. The molecule has 13 rings (SSSR count). The van der Waals surface area contributed by atoms with E-state index in [9.17, 15) is 0 Å². The molecule has 0 aliphatic rings. The van der Waals surface area contributed by atoms with Gasteiger partial charge in [0, 0.05) is 39.2 Å². The first kappa shape index (κ1) is 41.7. The topological polar surface area (TPSA) is 19.6 Å². The molecule has 0 amide bonds. The Balaban J connectivity index is 0.895. The van der Waals surface area contributed by atoms with Crippen LogP contribution in [0.25, 0.3) is 88.0 Å². The van der Waals surface area contributed by atoms with Gasteiger partial charge in [-0.2, -0.15) is 0 Å². The van der Waals surface area contributed by atoms with E-state index in [0.29, 0.717) is 0 Å². The van der Waals surface area contributed by atoms with Gasteiger partial charge in [0.25, 0.3) is 0 Å².